The Balaban J connectivity index is 2.03. The highest BCUT2D eigenvalue weighted by atomic mass is 32.1. The van der Waals surface area contributed by atoms with E-state index in [-0.39, 0.29) is 24.9 Å². The van der Waals surface area contributed by atoms with Crippen LogP contribution in [0.2, 0.25) is 0 Å². The molecule has 1 aliphatic heterocycles. The van der Waals surface area contributed by atoms with Gasteiger partial charge in [-0.15, -0.1) is 11.3 Å². The van der Waals surface area contributed by atoms with E-state index >= 15 is 0 Å². The number of hydrogen-bond acceptors (Lipinski definition) is 5. The monoisotopic (exact) mass is 225 g/mol. The third-order valence-corrected chi connectivity index (χ3v) is 3.15. The molecule has 6 heteroatoms. The largest absolute Gasteiger partial charge is 0.294 e. The minimum atomic E-state index is -0.228. The van der Waals surface area contributed by atoms with Crippen molar-refractivity contribution in [2.24, 2.45) is 0 Å². The Bertz CT molecular complexity index is 386. The van der Waals surface area contributed by atoms with Crippen molar-refractivity contribution in [3.05, 3.63) is 16.1 Å². The van der Waals surface area contributed by atoms with Gasteiger partial charge >= 0.3 is 0 Å². The molecule has 0 spiro atoms. The van der Waals surface area contributed by atoms with Gasteiger partial charge < -0.3 is 0 Å². The van der Waals surface area contributed by atoms with Gasteiger partial charge in [-0.2, -0.15) is 0 Å². The molecule has 1 N–H and O–H groups in total. The van der Waals surface area contributed by atoms with Gasteiger partial charge in [0.15, 0.2) is 0 Å². The Morgan fingerprint density at radius 2 is 2.13 bits per heavy atom. The molecule has 1 aliphatic rings. The maximum absolute atomic E-state index is 11.1. The summed E-state index contributed by atoms with van der Waals surface area (Å²) in [6.45, 7) is 3.11. The third-order valence-electron chi connectivity index (χ3n) is 2.23. The van der Waals surface area contributed by atoms with E-state index in [0.717, 1.165) is 10.6 Å². The van der Waals surface area contributed by atoms with Crippen molar-refractivity contribution in [2.75, 3.05) is 13.1 Å². The number of aryl methyl sites for hydroxylation is 1. The lowest BCUT2D eigenvalue weighted by molar-refractivity contribution is -0.136. The van der Waals surface area contributed by atoms with Gasteiger partial charge in [0, 0.05) is 11.4 Å². The number of aromatic nitrogens is 1. The summed E-state index contributed by atoms with van der Waals surface area (Å²) in [5.74, 6) is -0.457. The minimum absolute atomic E-state index is 0.228. The second kappa shape index (κ2) is 4.08. The number of thiazole rings is 1. The highest BCUT2D eigenvalue weighted by Gasteiger charge is 2.22. The Morgan fingerprint density at radius 3 is 2.67 bits per heavy atom. The second-order valence-corrected chi connectivity index (χ2v) is 4.42. The molecule has 15 heavy (non-hydrogen) atoms. The van der Waals surface area contributed by atoms with Crippen molar-refractivity contribution in [1.29, 1.82) is 0 Å². The number of nitrogens with zero attached hydrogens (tertiary/aromatic N) is 2. The molecule has 0 radical (unpaired) electrons. The number of hydrogen-bond donors (Lipinski definition) is 1. The van der Waals surface area contributed by atoms with Crippen molar-refractivity contribution in [1.82, 2.24) is 15.2 Å². The number of carbonyl (C=O) groups excluding carboxylic acids is 2. The van der Waals surface area contributed by atoms with Gasteiger partial charge in [0.1, 0.15) is 0 Å². The quantitative estimate of drug-likeness (QED) is 0.715. The molecule has 1 aromatic rings. The fourth-order valence-electron chi connectivity index (χ4n) is 1.49. The van der Waals surface area contributed by atoms with Crippen LogP contribution in [0.25, 0.3) is 0 Å². The maximum Gasteiger partial charge on any atom is 0.240 e. The van der Waals surface area contributed by atoms with Crippen molar-refractivity contribution < 1.29 is 9.59 Å². The number of carbonyl (C=O) groups is 2. The summed E-state index contributed by atoms with van der Waals surface area (Å²) in [7, 11) is 0. The third kappa shape index (κ3) is 2.40. The van der Waals surface area contributed by atoms with E-state index in [9.17, 15) is 9.59 Å². The summed E-state index contributed by atoms with van der Waals surface area (Å²) in [4.78, 5) is 29.3. The topological polar surface area (TPSA) is 62.3 Å². The average molecular weight is 225 g/mol. The molecule has 5 nitrogen and oxygen atoms in total. The van der Waals surface area contributed by atoms with E-state index in [1.807, 2.05) is 11.8 Å². The number of nitrogens with one attached hydrogen (secondary N) is 1. The maximum atomic E-state index is 11.1. The van der Waals surface area contributed by atoms with E-state index < -0.39 is 0 Å². The summed E-state index contributed by atoms with van der Waals surface area (Å²) in [6, 6.07) is 0. The lowest BCUT2D eigenvalue weighted by atomic mass is 10.3. The molecular weight excluding hydrogens is 214 g/mol. The van der Waals surface area contributed by atoms with Crippen LogP contribution in [-0.2, 0) is 16.1 Å². The molecule has 80 valence electrons. The Labute approximate surface area is 91.1 Å². The number of amides is 2. The molecule has 2 heterocycles. The van der Waals surface area contributed by atoms with Gasteiger partial charge in [-0.1, -0.05) is 0 Å². The van der Waals surface area contributed by atoms with E-state index in [1.54, 1.807) is 16.8 Å². The first kappa shape index (κ1) is 10.3. The number of piperazine rings is 1. The summed E-state index contributed by atoms with van der Waals surface area (Å²) in [5.41, 5.74) is 2.75. The zero-order valence-corrected chi connectivity index (χ0v) is 9.13. The van der Waals surface area contributed by atoms with Gasteiger partial charge in [-0.3, -0.25) is 19.8 Å². The van der Waals surface area contributed by atoms with E-state index in [1.165, 1.54) is 0 Å². The zero-order chi connectivity index (χ0) is 10.8. The second-order valence-electron chi connectivity index (χ2n) is 3.48. The normalized spacial score (nSPS) is 17.9. The van der Waals surface area contributed by atoms with Gasteiger partial charge in [0.25, 0.3) is 0 Å². The van der Waals surface area contributed by atoms with Gasteiger partial charge in [0.2, 0.25) is 11.8 Å². The van der Waals surface area contributed by atoms with Gasteiger partial charge in [-0.05, 0) is 6.92 Å². The molecule has 1 fully saturated rings. The van der Waals surface area contributed by atoms with Crippen LogP contribution in [0.1, 0.15) is 10.6 Å². The fourth-order valence-corrected chi connectivity index (χ4v) is 2.31. The predicted molar refractivity (Wildman–Crippen MR) is 55.3 cm³/mol. The van der Waals surface area contributed by atoms with E-state index in [2.05, 4.69) is 10.3 Å². The standard InChI is InChI=1S/C9H11N3O2S/c1-6-7(15-5-10-6)2-12-3-8(13)11-9(14)4-12/h5H,2-4H2,1H3,(H,11,13,14). The summed E-state index contributed by atoms with van der Waals surface area (Å²) >= 11 is 1.55. The van der Waals surface area contributed by atoms with Crippen molar-refractivity contribution >= 4 is 23.2 Å². The first-order valence-corrected chi connectivity index (χ1v) is 5.47. The summed E-state index contributed by atoms with van der Waals surface area (Å²) in [5, 5.41) is 2.27. The molecule has 0 saturated carbocycles. The van der Waals surface area contributed by atoms with Crippen LogP contribution in [-0.4, -0.2) is 34.8 Å². The summed E-state index contributed by atoms with van der Waals surface area (Å²) in [6.07, 6.45) is 0. The van der Waals surface area contributed by atoms with Crippen LogP contribution in [0.3, 0.4) is 0 Å². The zero-order valence-electron chi connectivity index (χ0n) is 8.32. The lowest BCUT2D eigenvalue weighted by Crippen LogP contribution is -2.50. The van der Waals surface area contributed by atoms with Crippen molar-refractivity contribution in [3.8, 4) is 0 Å². The number of imide groups is 1. The Hall–Kier alpha value is -1.27. The van der Waals surface area contributed by atoms with E-state index in [4.69, 9.17) is 0 Å². The molecule has 2 rings (SSSR count). The molecule has 1 saturated heterocycles. The van der Waals surface area contributed by atoms with Crippen molar-refractivity contribution in [2.45, 2.75) is 13.5 Å². The summed E-state index contributed by atoms with van der Waals surface area (Å²) < 4.78 is 0. The highest BCUT2D eigenvalue weighted by Crippen LogP contribution is 2.15. The average Bonchev–Trinajstić information content (AvgIpc) is 2.50. The number of rotatable bonds is 2. The lowest BCUT2D eigenvalue weighted by Gasteiger charge is -2.24. The van der Waals surface area contributed by atoms with Crippen LogP contribution < -0.4 is 5.32 Å². The SMILES string of the molecule is Cc1ncsc1CN1CC(=O)NC(=O)C1. The van der Waals surface area contributed by atoms with Crippen LogP contribution in [0, 0.1) is 6.92 Å². The van der Waals surface area contributed by atoms with Crippen LogP contribution in [0.4, 0.5) is 0 Å². The highest BCUT2D eigenvalue weighted by molar-refractivity contribution is 7.09. The fraction of sp³-hybridized carbons (Fsp3) is 0.444. The first-order chi connectivity index (χ1) is 7.15. The Morgan fingerprint density at radius 1 is 1.47 bits per heavy atom. The van der Waals surface area contributed by atoms with E-state index in [0.29, 0.717) is 6.54 Å². The van der Waals surface area contributed by atoms with Gasteiger partial charge in [0.05, 0.1) is 24.3 Å². The molecule has 2 amide bonds. The smallest absolute Gasteiger partial charge is 0.240 e. The first-order valence-electron chi connectivity index (χ1n) is 4.59. The van der Waals surface area contributed by atoms with Crippen LogP contribution in [0.15, 0.2) is 5.51 Å². The van der Waals surface area contributed by atoms with Crippen molar-refractivity contribution in [3.63, 3.8) is 0 Å². The predicted octanol–water partition coefficient (Wildman–Crippen LogP) is -0.0901. The Kier molecular flexibility index (Phi) is 2.79. The van der Waals surface area contributed by atoms with Crippen LogP contribution in [0.5, 0.6) is 0 Å². The molecular formula is C9H11N3O2S. The molecule has 0 bridgehead atoms. The minimum Gasteiger partial charge on any atom is -0.294 e. The molecule has 0 atom stereocenters. The van der Waals surface area contributed by atoms with Crippen LogP contribution >= 0.6 is 11.3 Å². The molecule has 1 aromatic heterocycles. The molecule has 0 aliphatic carbocycles. The van der Waals surface area contributed by atoms with Gasteiger partial charge in [-0.25, -0.2) is 4.98 Å². The molecule has 0 aromatic carbocycles. The molecule has 0 unspecified atom stereocenters.